The molecule has 5 nitrogen and oxygen atoms in total. The second-order valence-electron chi connectivity index (χ2n) is 6.14. The maximum absolute atomic E-state index is 11.7. The summed E-state index contributed by atoms with van der Waals surface area (Å²) in [5, 5.41) is 6.77. The molecule has 0 bridgehead atoms. The number of aryl methyl sites for hydroxylation is 1. The molecule has 0 aliphatic carbocycles. The molecule has 0 heterocycles. The Labute approximate surface area is 159 Å². The number of thiocarbonyl (C=S) groups is 1. The molecule has 0 saturated heterocycles. The zero-order valence-electron chi connectivity index (χ0n) is 15.5. The molecule has 0 aromatic heterocycles. The van der Waals surface area contributed by atoms with Crippen LogP contribution in [0.5, 0.6) is 5.75 Å². The van der Waals surface area contributed by atoms with Crippen molar-refractivity contribution < 1.29 is 14.3 Å². The summed E-state index contributed by atoms with van der Waals surface area (Å²) in [7, 11) is 1.36. The normalized spacial score (nSPS) is 10.3. The number of anilines is 1. The number of hydrogen-bond acceptors (Lipinski definition) is 4. The number of benzene rings is 2. The van der Waals surface area contributed by atoms with Crippen molar-refractivity contribution in [2.75, 3.05) is 12.4 Å². The number of ether oxygens (including phenoxy) is 2. The van der Waals surface area contributed by atoms with Gasteiger partial charge in [0, 0.05) is 12.2 Å². The van der Waals surface area contributed by atoms with Crippen LogP contribution in [0, 0.1) is 6.92 Å². The maximum atomic E-state index is 11.7. The van der Waals surface area contributed by atoms with Crippen LogP contribution in [0.4, 0.5) is 5.69 Å². The van der Waals surface area contributed by atoms with Crippen molar-refractivity contribution in [3.05, 3.63) is 59.2 Å². The number of nitrogens with one attached hydrogen (secondary N) is 2. The van der Waals surface area contributed by atoms with Gasteiger partial charge in [-0.05, 0) is 68.4 Å². The Morgan fingerprint density at radius 1 is 1.19 bits per heavy atom. The highest BCUT2D eigenvalue weighted by molar-refractivity contribution is 7.80. The molecule has 0 saturated carbocycles. The van der Waals surface area contributed by atoms with Crippen molar-refractivity contribution in [1.29, 1.82) is 0 Å². The Bertz CT molecular complexity index is 790. The minimum atomic E-state index is -0.381. The molecule has 0 unspecified atom stereocenters. The van der Waals surface area contributed by atoms with E-state index in [4.69, 9.17) is 21.7 Å². The van der Waals surface area contributed by atoms with E-state index in [-0.39, 0.29) is 12.1 Å². The van der Waals surface area contributed by atoms with Gasteiger partial charge in [0.1, 0.15) is 5.75 Å². The third-order valence-electron chi connectivity index (χ3n) is 3.63. The summed E-state index contributed by atoms with van der Waals surface area (Å²) in [4.78, 5) is 11.7. The summed E-state index contributed by atoms with van der Waals surface area (Å²) in [6, 6.07) is 13.2. The number of carbonyl (C=O) groups is 1. The lowest BCUT2D eigenvalue weighted by atomic mass is 10.1. The molecule has 26 heavy (non-hydrogen) atoms. The van der Waals surface area contributed by atoms with Gasteiger partial charge in [-0.1, -0.05) is 18.2 Å². The van der Waals surface area contributed by atoms with Crippen LogP contribution in [0.15, 0.2) is 42.5 Å². The third kappa shape index (κ3) is 5.74. The molecule has 0 spiro atoms. The van der Waals surface area contributed by atoms with Crippen molar-refractivity contribution in [3.63, 3.8) is 0 Å². The molecule has 0 amide bonds. The van der Waals surface area contributed by atoms with Crippen LogP contribution >= 0.6 is 12.2 Å². The van der Waals surface area contributed by atoms with Crippen molar-refractivity contribution in [2.24, 2.45) is 0 Å². The molecule has 2 aromatic carbocycles. The largest absolute Gasteiger partial charge is 0.491 e. The summed E-state index contributed by atoms with van der Waals surface area (Å²) < 4.78 is 10.5. The van der Waals surface area contributed by atoms with Crippen molar-refractivity contribution in [1.82, 2.24) is 5.32 Å². The first kappa shape index (κ1) is 19.7. The molecule has 2 N–H and O–H groups in total. The SMILES string of the molecule is COC(=O)c1ccc(C)c(NC(=S)NCc2cccc(OC(C)C)c2)c1. The second kappa shape index (κ2) is 9.20. The average molecular weight is 372 g/mol. The predicted molar refractivity (Wildman–Crippen MR) is 108 cm³/mol. The molecular weight excluding hydrogens is 348 g/mol. The smallest absolute Gasteiger partial charge is 0.337 e. The zero-order valence-corrected chi connectivity index (χ0v) is 16.3. The standard InChI is InChI=1S/C20H24N2O3S/c1-13(2)25-17-7-5-6-15(10-17)12-21-20(26)22-18-11-16(19(23)24-4)9-8-14(18)3/h5-11,13H,12H2,1-4H3,(H2,21,22,26). The Kier molecular flexibility index (Phi) is 6.97. The van der Waals surface area contributed by atoms with Gasteiger partial charge in [-0.15, -0.1) is 0 Å². The highest BCUT2D eigenvalue weighted by atomic mass is 32.1. The summed E-state index contributed by atoms with van der Waals surface area (Å²) in [5.74, 6) is 0.452. The average Bonchev–Trinajstić information content (AvgIpc) is 2.61. The van der Waals surface area contributed by atoms with Gasteiger partial charge in [0.15, 0.2) is 5.11 Å². The van der Waals surface area contributed by atoms with Crippen LogP contribution in [-0.4, -0.2) is 24.3 Å². The van der Waals surface area contributed by atoms with E-state index in [1.165, 1.54) is 7.11 Å². The maximum Gasteiger partial charge on any atom is 0.337 e. The predicted octanol–water partition coefficient (Wildman–Crippen LogP) is 4.06. The molecule has 0 radical (unpaired) electrons. The summed E-state index contributed by atoms with van der Waals surface area (Å²) in [6.07, 6.45) is 0.131. The highest BCUT2D eigenvalue weighted by Crippen LogP contribution is 2.18. The van der Waals surface area contributed by atoms with Gasteiger partial charge in [0.05, 0.1) is 18.8 Å². The van der Waals surface area contributed by atoms with Crippen LogP contribution in [0.1, 0.15) is 35.3 Å². The highest BCUT2D eigenvalue weighted by Gasteiger charge is 2.09. The summed E-state index contributed by atoms with van der Waals surface area (Å²) in [6.45, 7) is 6.50. The van der Waals surface area contributed by atoms with Crippen LogP contribution in [0.3, 0.4) is 0 Å². The fourth-order valence-electron chi connectivity index (χ4n) is 2.35. The molecule has 2 rings (SSSR count). The Morgan fingerprint density at radius 2 is 1.96 bits per heavy atom. The number of rotatable bonds is 6. The monoisotopic (exact) mass is 372 g/mol. The van der Waals surface area contributed by atoms with Gasteiger partial charge in [-0.3, -0.25) is 0 Å². The van der Waals surface area contributed by atoms with E-state index in [0.29, 0.717) is 17.2 Å². The summed E-state index contributed by atoms with van der Waals surface area (Å²) >= 11 is 5.37. The first-order valence-corrected chi connectivity index (χ1v) is 8.79. The van der Waals surface area contributed by atoms with Gasteiger partial charge in [0.2, 0.25) is 0 Å². The second-order valence-corrected chi connectivity index (χ2v) is 6.55. The van der Waals surface area contributed by atoms with Crippen molar-refractivity contribution >= 4 is 29.0 Å². The van der Waals surface area contributed by atoms with E-state index in [0.717, 1.165) is 22.6 Å². The van der Waals surface area contributed by atoms with Gasteiger partial charge >= 0.3 is 5.97 Å². The lowest BCUT2D eigenvalue weighted by Gasteiger charge is -2.14. The van der Waals surface area contributed by atoms with Gasteiger partial charge in [0.25, 0.3) is 0 Å². The quantitative estimate of drug-likeness (QED) is 0.589. The lowest BCUT2D eigenvalue weighted by Crippen LogP contribution is -2.28. The summed E-state index contributed by atoms with van der Waals surface area (Å²) in [5.41, 5.74) is 3.28. The first-order valence-electron chi connectivity index (χ1n) is 8.38. The molecule has 0 atom stereocenters. The Hall–Kier alpha value is -2.60. The van der Waals surface area contributed by atoms with E-state index in [2.05, 4.69) is 10.6 Å². The van der Waals surface area contributed by atoms with Gasteiger partial charge in [-0.25, -0.2) is 4.79 Å². The number of esters is 1. The zero-order chi connectivity index (χ0) is 19.1. The Balaban J connectivity index is 1.98. The lowest BCUT2D eigenvalue weighted by molar-refractivity contribution is 0.0601. The topological polar surface area (TPSA) is 59.6 Å². The van der Waals surface area contributed by atoms with Gasteiger partial charge < -0.3 is 20.1 Å². The van der Waals surface area contributed by atoms with Gasteiger partial charge in [-0.2, -0.15) is 0 Å². The number of methoxy groups -OCH3 is 1. The van der Waals surface area contributed by atoms with E-state index in [9.17, 15) is 4.79 Å². The molecule has 0 aliphatic heterocycles. The molecule has 138 valence electrons. The fraction of sp³-hybridized carbons (Fsp3) is 0.300. The van der Waals surface area contributed by atoms with Crippen molar-refractivity contribution in [3.8, 4) is 5.75 Å². The molecule has 6 heteroatoms. The minimum Gasteiger partial charge on any atom is -0.491 e. The number of carbonyl (C=O) groups excluding carboxylic acids is 1. The van der Waals surface area contributed by atoms with E-state index in [1.807, 2.05) is 51.1 Å². The molecule has 0 fully saturated rings. The minimum absolute atomic E-state index is 0.131. The number of hydrogen-bond donors (Lipinski definition) is 2. The van der Waals surface area contributed by atoms with Crippen LogP contribution in [-0.2, 0) is 11.3 Å². The third-order valence-corrected chi connectivity index (χ3v) is 3.88. The van der Waals surface area contributed by atoms with Crippen LogP contribution < -0.4 is 15.4 Å². The molecule has 0 aliphatic rings. The van der Waals surface area contributed by atoms with Crippen molar-refractivity contribution in [2.45, 2.75) is 33.4 Å². The van der Waals surface area contributed by atoms with E-state index in [1.54, 1.807) is 12.1 Å². The fourth-order valence-corrected chi connectivity index (χ4v) is 2.53. The van der Waals surface area contributed by atoms with Crippen LogP contribution in [0.25, 0.3) is 0 Å². The molecule has 2 aromatic rings. The van der Waals surface area contributed by atoms with E-state index >= 15 is 0 Å². The van der Waals surface area contributed by atoms with Crippen LogP contribution in [0.2, 0.25) is 0 Å². The van der Waals surface area contributed by atoms with E-state index < -0.39 is 0 Å². The molecular formula is C20H24N2O3S. The Morgan fingerprint density at radius 3 is 2.65 bits per heavy atom. The first-order chi connectivity index (χ1) is 12.4.